The highest BCUT2D eigenvalue weighted by Gasteiger charge is 2.31. The molecular weight excluding hydrogens is 493 g/mol. The standard InChI is InChI=1S/C26H32Cl3N3O2/c1-17(22-5-4-20(27)14-24(22)29)30-25-13-19(3-6-23(25)28)18-7-11-32(12-8-18)21-9-10-31(15-21)16-26(33)34-2/h3-6,13-14,17-18,21,30H,7-12,15-16H2,1-2H3/t17-,21?/m1/s1. The Morgan fingerprint density at radius 2 is 1.82 bits per heavy atom. The molecule has 34 heavy (non-hydrogen) atoms. The summed E-state index contributed by atoms with van der Waals surface area (Å²) < 4.78 is 4.81. The Labute approximate surface area is 217 Å². The molecule has 0 aromatic heterocycles. The number of rotatable bonds is 7. The van der Waals surface area contributed by atoms with E-state index in [1.54, 1.807) is 6.07 Å². The van der Waals surface area contributed by atoms with Gasteiger partial charge in [0, 0.05) is 29.2 Å². The Hall–Kier alpha value is -1.50. The van der Waals surface area contributed by atoms with E-state index in [0.29, 0.717) is 33.6 Å². The quantitative estimate of drug-likeness (QED) is 0.434. The second kappa shape index (κ2) is 11.5. The van der Waals surface area contributed by atoms with Crippen LogP contribution in [-0.2, 0) is 9.53 Å². The van der Waals surface area contributed by atoms with Gasteiger partial charge in [-0.25, -0.2) is 0 Å². The molecule has 184 valence electrons. The Kier molecular flexibility index (Phi) is 8.65. The van der Waals surface area contributed by atoms with E-state index in [0.717, 1.165) is 56.7 Å². The van der Waals surface area contributed by atoms with Gasteiger partial charge in [0.2, 0.25) is 0 Å². The van der Waals surface area contributed by atoms with Crippen molar-refractivity contribution < 1.29 is 9.53 Å². The van der Waals surface area contributed by atoms with Crippen LogP contribution in [0.25, 0.3) is 0 Å². The minimum absolute atomic E-state index is 0.00494. The SMILES string of the molecule is COC(=O)CN1CCC(N2CCC(c3ccc(Cl)c(N[C@H](C)c4ccc(Cl)cc4Cl)c3)CC2)C1. The number of methoxy groups -OCH3 is 1. The van der Waals surface area contributed by atoms with E-state index in [2.05, 4.69) is 34.2 Å². The zero-order valence-electron chi connectivity index (χ0n) is 19.7. The number of nitrogens with zero attached hydrogens (tertiary/aromatic N) is 2. The molecule has 8 heteroatoms. The summed E-state index contributed by atoms with van der Waals surface area (Å²) in [4.78, 5) is 16.4. The van der Waals surface area contributed by atoms with Crippen molar-refractivity contribution in [3.8, 4) is 0 Å². The summed E-state index contributed by atoms with van der Waals surface area (Å²) in [7, 11) is 1.45. The number of piperidine rings is 1. The van der Waals surface area contributed by atoms with Gasteiger partial charge in [0.05, 0.1) is 30.4 Å². The van der Waals surface area contributed by atoms with Crippen LogP contribution >= 0.6 is 34.8 Å². The highest BCUT2D eigenvalue weighted by molar-refractivity contribution is 6.35. The van der Waals surface area contributed by atoms with Gasteiger partial charge < -0.3 is 10.1 Å². The summed E-state index contributed by atoms with van der Waals surface area (Å²) in [5.41, 5.74) is 3.23. The third-order valence-corrected chi connectivity index (χ3v) is 8.03. The van der Waals surface area contributed by atoms with Crippen molar-refractivity contribution in [3.63, 3.8) is 0 Å². The smallest absolute Gasteiger partial charge is 0.319 e. The zero-order valence-corrected chi connectivity index (χ0v) is 22.0. The van der Waals surface area contributed by atoms with Crippen molar-refractivity contribution in [2.45, 2.75) is 44.2 Å². The van der Waals surface area contributed by atoms with Gasteiger partial charge in [-0.3, -0.25) is 14.6 Å². The van der Waals surface area contributed by atoms with Crippen LogP contribution in [0.15, 0.2) is 36.4 Å². The molecule has 2 aromatic carbocycles. The molecule has 2 heterocycles. The molecule has 4 rings (SSSR count). The monoisotopic (exact) mass is 523 g/mol. The summed E-state index contributed by atoms with van der Waals surface area (Å²) in [6, 6.07) is 12.4. The minimum atomic E-state index is -0.154. The predicted molar refractivity (Wildman–Crippen MR) is 140 cm³/mol. The number of halogens is 3. The first kappa shape index (κ1) is 25.6. The lowest BCUT2D eigenvalue weighted by molar-refractivity contribution is -0.141. The number of ether oxygens (including phenoxy) is 1. The van der Waals surface area contributed by atoms with Gasteiger partial charge in [-0.1, -0.05) is 46.9 Å². The van der Waals surface area contributed by atoms with Crippen LogP contribution in [0.5, 0.6) is 0 Å². The van der Waals surface area contributed by atoms with Crippen molar-refractivity contribution in [3.05, 3.63) is 62.6 Å². The fraction of sp³-hybridized carbons (Fsp3) is 0.500. The molecule has 2 aliphatic heterocycles. The lowest BCUT2D eigenvalue weighted by Crippen LogP contribution is -2.42. The van der Waals surface area contributed by atoms with Gasteiger partial charge in [0.15, 0.2) is 0 Å². The number of nitrogens with one attached hydrogen (secondary N) is 1. The summed E-state index contributed by atoms with van der Waals surface area (Å²) in [5.74, 6) is 0.357. The highest BCUT2D eigenvalue weighted by Crippen LogP contribution is 2.36. The third-order valence-electron chi connectivity index (χ3n) is 7.14. The maximum Gasteiger partial charge on any atom is 0.319 e. The second-order valence-electron chi connectivity index (χ2n) is 9.34. The number of hydrogen-bond acceptors (Lipinski definition) is 5. The van der Waals surface area contributed by atoms with E-state index in [4.69, 9.17) is 39.5 Å². The zero-order chi connectivity index (χ0) is 24.2. The molecule has 2 aliphatic rings. The molecule has 0 spiro atoms. The van der Waals surface area contributed by atoms with Gasteiger partial charge >= 0.3 is 5.97 Å². The van der Waals surface area contributed by atoms with Gasteiger partial charge in [-0.2, -0.15) is 0 Å². The van der Waals surface area contributed by atoms with E-state index < -0.39 is 0 Å². The molecular formula is C26H32Cl3N3O2. The second-order valence-corrected chi connectivity index (χ2v) is 10.6. The number of esters is 1. The number of likely N-dealkylation sites (tertiary alicyclic amines) is 2. The summed E-state index contributed by atoms with van der Waals surface area (Å²) in [6.45, 7) is 6.51. The third kappa shape index (κ3) is 6.19. The molecule has 1 N–H and O–H groups in total. The lowest BCUT2D eigenvalue weighted by atomic mass is 9.88. The normalized spacial score (nSPS) is 20.9. The molecule has 0 amide bonds. The molecule has 2 saturated heterocycles. The van der Waals surface area contributed by atoms with E-state index in [1.165, 1.54) is 12.7 Å². The van der Waals surface area contributed by atoms with E-state index in [1.807, 2.05) is 18.2 Å². The first-order valence-electron chi connectivity index (χ1n) is 11.9. The van der Waals surface area contributed by atoms with Crippen molar-refractivity contribution in [1.82, 2.24) is 9.80 Å². The predicted octanol–water partition coefficient (Wildman–Crippen LogP) is 6.25. The van der Waals surface area contributed by atoms with E-state index >= 15 is 0 Å². The molecule has 2 aromatic rings. The summed E-state index contributed by atoms with van der Waals surface area (Å²) in [6.07, 6.45) is 3.35. The molecule has 5 nitrogen and oxygen atoms in total. The van der Waals surface area contributed by atoms with E-state index in [9.17, 15) is 4.79 Å². The number of benzene rings is 2. The molecule has 2 atom stereocenters. The van der Waals surface area contributed by atoms with Gasteiger partial charge in [0.1, 0.15) is 0 Å². The number of hydrogen-bond donors (Lipinski definition) is 1. The highest BCUT2D eigenvalue weighted by atomic mass is 35.5. The van der Waals surface area contributed by atoms with Crippen LogP contribution in [0.3, 0.4) is 0 Å². The first-order valence-corrected chi connectivity index (χ1v) is 13.0. The van der Waals surface area contributed by atoms with Crippen LogP contribution in [0, 0.1) is 0 Å². The van der Waals surface area contributed by atoms with Gasteiger partial charge in [-0.15, -0.1) is 0 Å². The molecule has 2 fully saturated rings. The fourth-order valence-corrected chi connectivity index (χ4v) is 5.91. The van der Waals surface area contributed by atoms with Gasteiger partial charge in [-0.05, 0) is 80.6 Å². The molecule has 0 saturated carbocycles. The lowest BCUT2D eigenvalue weighted by Gasteiger charge is -2.36. The van der Waals surface area contributed by atoms with Crippen LogP contribution in [-0.4, -0.2) is 61.6 Å². The molecule has 0 aliphatic carbocycles. The van der Waals surface area contributed by atoms with Crippen molar-refractivity contribution >= 4 is 46.5 Å². The number of carbonyl (C=O) groups is 1. The average molecular weight is 525 g/mol. The Balaban J connectivity index is 1.35. The molecule has 0 bridgehead atoms. The number of carbonyl (C=O) groups excluding carboxylic acids is 1. The van der Waals surface area contributed by atoms with Crippen LogP contribution in [0.4, 0.5) is 5.69 Å². The molecule has 0 radical (unpaired) electrons. The Morgan fingerprint density at radius 3 is 2.53 bits per heavy atom. The van der Waals surface area contributed by atoms with E-state index in [-0.39, 0.29) is 12.0 Å². The Morgan fingerprint density at radius 1 is 1.06 bits per heavy atom. The van der Waals surface area contributed by atoms with Crippen LogP contribution in [0.2, 0.25) is 15.1 Å². The first-order chi connectivity index (χ1) is 16.3. The maximum atomic E-state index is 11.6. The summed E-state index contributed by atoms with van der Waals surface area (Å²) >= 11 is 19.0. The maximum absolute atomic E-state index is 11.6. The van der Waals surface area contributed by atoms with Crippen molar-refractivity contribution in [2.24, 2.45) is 0 Å². The minimum Gasteiger partial charge on any atom is -0.468 e. The molecule has 1 unspecified atom stereocenters. The largest absolute Gasteiger partial charge is 0.468 e. The average Bonchev–Trinajstić information content (AvgIpc) is 3.29. The van der Waals surface area contributed by atoms with Crippen molar-refractivity contribution in [2.75, 3.05) is 45.2 Å². The summed E-state index contributed by atoms with van der Waals surface area (Å²) in [5, 5.41) is 5.50. The van der Waals surface area contributed by atoms with Gasteiger partial charge in [0.25, 0.3) is 0 Å². The fourth-order valence-electron chi connectivity index (χ4n) is 5.17. The topological polar surface area (TPSA) is 44.8 Å². The van der Waals surface area contributed by atoms with Crippen molar-refractivity contribution in [1.29, 1.82) is 0 Å². The Bertz CT molecular complexity index is 1010. The van der Waals surface area contributed by atoms with Crippen LogP contribution in [0.1, 0.15) is 49.3 Å². The number of anilines is 1. The van der Waals surface area contributed by atoms with Crippen LogP contribution < -0.4 is 5.32 Å².